The maximum atomic E-state index is 11.9. The average Bonchev–Trinajstić information content (AvgIpc) is 2.91. The van der Waals surface area contributed by atoms with Gasteiger partial charge in [-0.3, -0.25) is 9.69 Å². The summed E-state index contributed by atoms with van der Waals surface area (Å²) in [4.78, 5) is 16.5. The highest BCUT2D eigenvalue weighted by molar-refractivity contribution is 5.74. The summed E-state index contributed by atoms with van der Waals surface area (Å²) in [5, 5.41) is 0. The lowest BCUT2D eigenvalue weighted by atomic mass is 9.90. The van der Waals surface area contributed by atoms with E-state index in [2.05, 4.69) is 54.0 Å². The highest BCUT2D eigenvalue weighted by atomic mass is 16.2. The molecule has 2 saturated heterocycles. The molecule has 1 aromatic rings. The van der Waals surface area contributed by atoms with Crippen LogP contribution in [0, 0.1) is 5.92 Å². The molecule has 1 amide bonds. The normalized spacial score (nSPS) is 28.6. The van der Waals surface area contributed by atoms with Crippen molar-refractivity contribution in [3.05, 3.63) is 35.9 Å². The Kier molecular flexibility index (Phi) is 3.33. The van der Waals surface area contributed by atoms with Crippen LogP contribution in [0.5, 0.6) is 0 Å². The first-order valence-corrected chi connectivity index (χ1v) is 7.56. The molecule has 0 spiro atoms. The Morgan fingerprint density at radius 3 is 2.65 bits per heavy atom. The molecular weight excluding hydrogens is 248 g/mol. The van der Waals surface area contributed by atoms with Crippen LogP contribution >= 0.6 is 0 Å². The van der Waals surface area contributed by atoms with Crippen LogP contribution in [0.25, 0.3) is 0 Å². The molecule has 2 aliphatic heterocycles. The summed E-state index contributed by atoms with van der Waals surface area (Å²) in [5.74, 6) is 0.849. The van der Waals surface area contributed by atoms with E-state index in [1.807, 2.05) is 0 Å². The first kappa shape index (κ1) is 13.6. The number of hydrogen-bond donors (Lipinski definition) is 0. The lowest BCUT2D eigenvalue weighted by Crippen LogP contribution is -2.52. The van der Waals surface area contributed by atoms with E-state index in [0.29, 0.717) is 12.0 Å². The number of benzene rings is 1. The molecule has 2 fully saturated rings. The van der Waals surface area contributed by atoms with Crippen LogP contribution in [0.4, 0.5) is 0 Å². The van der Waals surface area contributed by atoms with Crippen molar-refractivity contribution in [2.45, 2.75) is 45.3 Å². The lowest BCUT2D eigenvalue weighted by molar-refractivity contribution is -0.133. The zero-order valence-corrected chi connectivity index (χ0v) is 12.7. The number of fused-ring (bicyclic) bond motifs is 1. The number of likely N-dealkylation sites (tertiary alicyclic amines) is 2. The van der Waals surface area contributed by atoms with Crippen LogP contribution < -0.4 is 0 Å². The summed E-state index contributed by atoms with van der Waals surface area (Å²) >= 11 is 0. The lowest BCUT2D eigenvalue weighted by Gasteiger charge is -2.39. The number of carbonyl (C=O) groups is 1. The molecule has 2 atom stereocenters. The Balaban J connectivity index is 1.81. The van der Waals surface area contributed by atoms with Gasteiger partial charge < -0.3 is 4.90 Å². The summed E-state index contributed by atoms with van der Waals surface area (Å²) in [7, 11) is 0. The van der Waals surface area contributed by atoms with Crippen molar-refractivity contribution in [3.8, 4) is 0 Å². The van der Waals surface area contributed by atoms with E-state index in [0.717, 1.165) is 19.6 Å². The molecule has 0 aliphatic carbocycles. The summed E-state index contributed by atoms with van der Waals surface area (Å²) in [6, 6.07) is 11.1. The Labute approximate surface area is 121 Å². The summed E-state index contributed by atoms with van der Waals surface area (Å²) in [5.41, 5.74) is 1.31. The molecule has 0 radical (unpaired) electrons. The van der Waals surface area contributed by atoms with Crippen LogP contribution in [0.2, 0.25) is 0 Å². The summed E-state index contributed by atoms with van der Waals surface area (Å²) in [6.45, 7) is 9.23. The molecule has 20 heavy (non-hydrogen) atoms. The van der Waals surface area contributed by atoms with Crippen molar-refractivity contribution < 1.29 is 4.79 Å². The number of carbonyl (C=O) groups excluding carboxylic acids is 1. The van der Waals surface area contributed by atoms with Crippen molar-refractivity contribution in [2.24, 2.45) is 5.92 Å². The highest BCUT2D eigenvalue weighted by Crippen LogP contribution is 2.42. The van der Waals surface area contributed by atoms with E-state index in [9.17, 15) is 4.79 Å². The third kappa shape index (κ3) is 2.14. The first-order valence-electron chi connectivity index (χ1n) is 7.56. The van der Waals surface area contributed by atoms with E-state index in [-0.39, 0.29) is 11.4 Å². The zero-order chi connectivity index (χ0) is 14.3. The highest BCUT2D eigenvalue weighted by Gasteiger charge is 2.53. The molecule has 2 heterocycles. The fraction of sp³-hybridized carbons (Fsp3) is 0.588. The van der Waals surface area contributed by atoms with Gasteiger partial charge in [0.15, 0.2) is 0 Å². The average molecular weight is 272 g/mol. The van der Waals surface area contributed by atoms with Gasteiger partial charge in [-0.1, -0.05) is 30.3 Å². The fourth-order valence-corrected chi connectivity index (χ4v) is 4.30. The van der Waals surface area contributed by atoms with Crippen LogP contribution in [0.1, 0.15) is 32.8 Å². The van der Waals surface area contributed by atoms with Crippen LogP contribution in [0.15, 0.2) is 30.3 Å². The molecule has 1 aromatic carbocycles. The number of amides is 1. The van der Waals surface area contributed by atoms with Crippen molar-refractivity contribution in [3.63, 3.8) is 0 Å². The van der Waals surface area contributed by atoms with E-state index >= 15 is 0 Å². The Hall–Kier alpha value is -1.35. The molecule has 0 bridgehead atoms. The largest absolute Gasteiger partial charge is 0.336 e. The van der Waals surface area contributed by atoms with Crippen molar-refractivity contribution in [1.82, 2.24) is 9.80 Å². The molecule has 2 aliphatic rings. The Bertz CT molecular complexity index is 497. The number of nitrogens with zero attached hydrogens (tertiary/aromatic N) is 2. The van der Waals surface area contributed by atoms with Crippen molar-refractivity contribution in [1.29, 1.82) is 0 Å². The second-order valence-electron chi connectivity index (χ2n) is 6.73. The van der Waals surface area contributed by atoms with Gasteiger partial charge in [-0.15, -0.1) is 0 Å². The maximum absolute atomic E-state index is 11.9. The van der Waals surface area contributed by atoms with E-state index in [1.165, 1.54) is 12.0 Å². The molecule has 108 valence electrons. The van der Waals surface area contributed by atoms with Crippen LogP contribution in [-0.4, -0.2) is 40.4 Å². The second-order valence-corrected chi connectivity index (χ2v) is 6.73. The smallest absolute Gasteiger partial charge is 0.219 e. The quantitative estimate of drug-likeness (QED) is 0.826. The molecule has 0 N–H and O–H groups in total. The molecule has 3 rings (SSSR count). The predicted octanol–water partition coefficient (Wildman–Crippen LogP) is 2.52. The SMILES string of the molecule is CC(=O)N1CC2CCN(Cc3ccccc3)C2C1(C)C. The summed E-state index contributed by atoms with van der Waals surface area (Å²) in [6.07, 6.45) is 1.21. The van der Waals surface area contributed by atoms with Crippen LogP contribution in [-0.2, 0) is 11.3 Å². The standard InChI is InChI=1S/C17H24N2O/c1-13(20)19-12-15-9-10-18(16(15)17(19,2)3)11-14-7-5-4-6-8-14/h4-8,15-16H,9-12H2,1-3H3. The number of hydrogen-bond acceptors (Lipinski definition) is 2. The van der Waals surface area contributed by atoms with Gasteiger partial charge in [-0.05, 0) is 38.3 Å². The third-order valence-corrected chi connectivity index (χ3v) is 5.07. The van der Waals surface area contributed by atoms with Gasteiger partial charge in [0.25, 0.3) is 0 Å². The molecule has 3 heteroatoms. The second kappa shape index (κ2) is 4.88. The van der Waals surface area contributed by atoms with Crippen molar-refractivity contribution >= 4 is 5.91 Å². The van der Waals surface area contributed by atoms with E-state index in [4.69, 9.17) is 0 Å². The minimum Gasteiger partial charge on any atom is -0.336 e. The fourth-order valence-electron chi connectivity index (χ4n) is 4.30. The van der Waals surface area contributed by atoms with E-state index < -0.39 is 0 Å². The minimum absolute atomic E-state index is 0.0538. The first-order chi connectivity index (χ1) is 9.50. The maximum Gasteiger partial charge on any atom is 0.219 e. The van der Waals surface area contributed by atoms with Gasteiger partial charge in [0.1, 0.15) is 0 Å². The van der Waals surface area contributed by atoms with Gasteiger partial charge in [0.05, 0.1) is 5.54 Å². The van der Waals surface area contributed by atoms with Gasteiger partial charge in [0.2, 0.25) is 5.91 Å². The summed E-state index contributed by atoms with van der Waals surface area (Å²) < 4.78 is 0. The zero-order valence-electron chi connectivity index (χ0n) is 12.7. The predicted molar refractivity (Wildman–Crippen MR) is 80.2 cm³/mol. The van der Waals surface area contributed by atoms with Gasteiger partial charge in [-0.25, -0.2) is 0 Å². The molecule has 0 saturated carbocycles. The third-order valence-electron chi connectivity index (χ3n) is 5.07. The van der Waals surface area contributed by atoms with Crippen molar-refractivity contribution in [2.75, 3.05) is 13.1 Å². The molecule has 3 nitrogen and oxygen atoms in total. The molecule has 2 unspecified atom stereocenters. The minimum atomic E-state index is -0.0538. The molecule has 0 aromatic heterocycles. The topological polar surface area (TPSA) is 23.6 Å². The molecular formula is C17H24N2O. The Morgan fingerprint density at radius 1 is 1.30 bits per heavy atom. The van der Waals surface area contributed by atoms with E-state index in [1.54, 1.807) is 6.92 Å². The van der Waals surface area contributed by atoms with Gasteiger partial charge in [-0.2, -0.15) is 0 Å². The monoisotopic (exact) mass is 272 g/mol. The van der Waals surface area contributed by atoms with Crippen LogP contribution in [0.3, 0.4) is 0 Å². The number of rotatable bonds is 2. The van der Waals surface area contributed by atoms with Gasteiger partial charge >= 0.3 is 0 Å². The van der Waals surface area contributed by atoms with Gasteiger partial charge in [0, 0.05) is 26.1 Å². The Morgan fingerprint density at radius 2 is 2.00 bits per heavy atom.